The van der Waals surface area contributed by atoms with Crippen LogP contribution in [0.5, 0.6) is 5.75 Å². The number of nitrogens with two attached hydrogens (primary N) is 1. The van der Waals surface area contributed by atoms with Crippen LogP contribution in [0.15, 0.2) is 47.4 Å². The summed E-state index contributed by atoms with van der Waals surface area (Å²) in [6, 6.07) is 11.1. The molecule has 0 unspecified atom stereocenters. The summed E-state index contributed by atoms with van der Waals surface area (Å²) in [6.45, 7) is -0.00533. The number of hydrogen-bond acceptors (Lipinski definition) is 4. The zero-order valence-electron chi connectivity index (χ0n) is 10.9. The van der Waals surface area contributed by atoms with Crippen LogP contribution in [0.2, 0.25) is 10.0 Å². The second kappa shape index (κ2) is 6.56. The molecule has 2 aromatic rings. The molecule has 21 heavy (non-hydrogen) atoms. The van der Waals surface area contributed by atoms with Crippen LogP contribution < -0.4 is 10.5 Å². The van der Waals surface area contributed by atoms with Gasteiger partial charge in [0.1, 0.15) is 12.4 Å². The van der Waals surface area contributed by atoms with Crippen LogP contribution in [0.4, 0.5) is 5.69 Å². The molecule has 0 saturated carbocycles. The van der Waals surface area contributed by atoms with Crippen LogP contribution in [-0.4, -0.2) is 20.8 Å². The third-order valence-electron chi connectivity index (χ3n) is 2.71. The highest BCUT2D eigenvalue weighted by atomic mass is 35.5. The Bertz CT molecular complexity index is 748. The molecule has 0 heterocycles. The molecule has 7 heteroatoms. The van der Waals surface area contributed by atoms with Gasteiger partial charge in [0, 0.05) is 16.8 Å². The second-order valence-electron chi connectivity index (χ2n) is 4.31. The number of benzene rings is 2. The van der Waals surface area contributed by atoms with Crippen molar-refractivity contribution in [2.45, 2.75) is 4.90 Å². The van der Waals surface area contributed by atoms with E-state index in [2.05, 4.69) is 0 Å². The predicted octanol–water partition coefficient (Wildman–Crippen LogP) is 3.43. The first-order valence-corrected chi connectivity index (χ1v) is 8.45. The monoisotopic (exact) mass is 345 g/mol. The van der Waals surface area contributed by atoms with Gasteiger partial charge in [-0.15, -0.1) is 0 Å². The highest BCUT2D eigenvalue weighted by molar-refractivity contribution is 7.91. The Morgan fingerprint density at radius 3 is 2.57 bits per heavy atom. The van der Waals surface area contributed by atoms with Crippen LogP contribution in [0, 0.1) is 0 Å². The molecule has 2 rings (SSSR count). The molecule has 0 spiro atoms. The fourth-order valence-electron chi connectivity index (χ4n) is 1.70. The molecule has 0 fully saturated rings. The van der Waals surface area contributed by atoms with E-state index in [1.807, 2.05) is 0 Å². The van der Waals surface area contributed by atoms with E-state index in [0.717, 1.165) is 0 Å². The molecular weight excluding hydrogens is 333 g/mol. The van der Waals surface area contributed by atoms with Gasteiger partial charge in [-0.1, -0.05) is 29.3 Å². The number of sulfone groups is 1. The Kier molecular flexibility index (Phi) is 4.98. The summed E-state index contributed by atoms with van der Waals surface area (Å²) in [5.74, 6) is 0.310. The average Bonchev–Trinajstić information content (AvgIpc) is 2.41. The van der Waals surface area contributed by atoms with Crippen molar-refractivity contribution in [1.82, 2.24) is 0 Å². The molecule has 0 aliphatic heterocycles. The average molecular weight is 346 g/mol. The molecule has 0 radical (unpaired) electrons. The third kappa shape index (κ3) is 4.27. The summed E-state index contributed by atoms with van der Waals surface area (Å²) in [6.07, 6.45) is 0. The standard InChI is InChI=1S/C14H13Cl2NO3S/c15-10-4-5-13(16)14(8-10)21(18,19)7-6-20-12-3-1-2-11(17)9-12/h1-5,8-9H,6-7,17H2. The topological polar surface area (TPSA) is 69.4 Å². The van der Waals surface area contributed by atoms with Crippen molar-refractivity contribution >= 4 is 38.7 Å². The van der Waals surface area contributed by atoms with Crippen LogP contribution in [0.3, 0.4) is 0 Å². The molecule has 4 nitrogen and oxygen atoms in total. The molecule has 2 aromatic carbocycles. The van der Waals surface area contributed by atoms with Gasteiger partial charge < -0.3 is 10.5 Å². The molecule has 0 amide bonds. The number of hydrogen-bond donors (Lipinski definition) is 1. The van der Waals surface area contributed by atoms with E-state index in [1.54, 1.807) is 24.3 Å². The molecule has 0 aromatic heterocycles. The minimum absolute atomic E-state index is 0.00533. The summed E-state index contributed by atoms with van der Waals surface area (Å²) >= 11 is 11.7. The molecule has 0 aliphatic rings. The summed E-state index contributed by atoms with van der Waals surface area (Å²) < 4.78 is 29.8. The summed E-state index contributed by atoms with van der Waals surface area (Å²) in [5.41, 5.74) is 6.16. The first-order chi connectivity index (χ1) is 9.88. The molecule has 0 aliphatic carbocycles. The van der Waals surface area contributed by atoms with Gasteiger partial charge in [0.2, 0.25) is 0 Å². The van der Waals surface area contributed by atoms with Crippen LogP contribution in [-0.2, 0) is 9.84 Å². The van der Waals surface area contributed by atoms with E-state index < -0.39 is 9.84 Å². The summed E-state index contributed by atoms with van der Waals surface area (Å²) in [4.78, 5) is 0.00726. The van der Waals surface area contributed by atoms with Crippen molar-refractivity contribution in [2.24, 2.45) is 0 Å². The lowest BCUT2D eigenvalue weighted by Crippen LogP contribution is -2.14. The van der Waals surface area contributed by atoms with Gasteiger partial charge in [0.25, 0.3) is 0 Å². The lowest BCUT2D eigenvalue weighted by atomic mass is 10.3. The minimum atomic E-state index is -3.57. The number of halogens is 2. The number of ether oxygens (including phenoxy) is 1. The maximum Gasteiger partial charge on any atom is 0.183 e. The molecular formula is C14H13Cl2NO3S. The quantitative estimate of drug-likeness (QED) is 0.842. The van der Waals surface area contributed by atoms with Crippen molar-refractivity contribution in [3.05, 3.63) is 52.5 Å². The smallest absolute Gasteiger partial charge is 0.183 e. The normalized spacial score (nSPS) is 11.3. The fourth-order valence-corrected chi connectivity index (χ4v) is 3.60. The van der Waals surface area contributed by atoms with E-state index >= 15 is 0 Å². The van der Waals surface area contributed by atoms with Gasteiger partial charge in [0.05, 0.1) is 15.7 Å². The Morgan fingerprint density at radius 2 is 1.86 bits per heavy atom. The van der Waals surface area contributed by atoms with Crippen molar-refractivity contribution in [1.29, 1.82) is 0 Å². The van der Waals surface area contributed by atoms with Crippen LogP contribution >= 0.6 is 23.2 Å². The van der Waals surface area contributed by atoms with Gasteiger partial charge in [0.15, 0.2) is 9.84 Å². The first kappa shape index (κ1) is 15.9. The van der Waals surface area contributed by atoms with Crippen molar-refractivity contribution < 1.29 is 13.2 Å². The maximum absolute atomic E-state index is 12.2. The summed E-state index contributed by atoms with van der Waals surface area (Å²) in [7, 11) is -3.57. The molecule has 2 N–H and O–H groups in total. The van der Waals surface area contributed by atoms with E-state index in [-0.39, 0.29) is 22.3 Å². The first-order valence-electron chi connectivity index (χ1n) is 6.04. The highest BCUT2D eigenvalue weighted by Crippen LogP contribution is 2.26. The summed E-state index contributed by atoms with van der Waals surface area (Å²) in [5, 5.41) is 0.457. The second-order valence-corrected chi connectivity index (χ2v) is 7.24. The highest BCUT2D eigenvalue weighted by Gasteiger charge is 2.18. The fraction of sp³-hybridized carbons (Fsp3) is 0.143. The van der Waals surface area contributed by atoms with E-state index in [4.69, 9.17) is 33.7 Å². The molecule has 0 bridgehead atoms. The van der Waals surface area contributed by atoms with Crippen LogP contribution in [0.1, 0.15) is 0 Å². The number of rotatable bonds is 5. The predicted molar refractivity (Wildman–Crippen MR) is 84.9 cm³/mol. The van der Waals surface area contributed by atoms with Crippen molar-refractivity contribution in [3.63, 3.8) is 0 Å². The van der Waals surface area contributed by atoms with Gasteiger partial charge in [-0.25, -0.2) is 8.42 Å². The Balaban J connectivity index is 2.06. The minimum Gasteiger partial charge on any atom is -0.492 e. The van der Waals surface area contributed by atoms with E-state index in [0.29, 0.717) is 16.5 Å². The lowest BCUT2D eigenvalue weighted by Gasteiger charge is -2.09. The lowest BCUT2D eigenvalue weighted by molar-refractivity contribution is 0.341. The molecule has 0 atom stereocenters. The maximum atomic E-state index is 12.2. The third-order valence-corrected chi connectivity index (χ3v) is 5.10. The van der Waals surface area contributed by atoms with Gasteiger partial charge in [-0.2, -0.15) is 0 Å². The zero-order valence-corrected chi connectivity index (χ0v) is 13.3. The number of nitrogen functional groups attached to an aromatic ring is 1. The Morgan fingerprint density at radius 1 is 1.10 bits per heavy atom. The largest absolute Gasteiger partial charge is 0.492 e. The molecule has 112 valence electrons. The number of anilines is 1. The Hall–Kier alpha value is -1.43. The van der Waals surface area contributed by atoms with Crippen molar-refractivity contribution in [3.8, 4) is 5.75 Å². The van der Waals surface area contributed by atoms with Gasteiger partial charge >= 0.3 is 0 Å². The Labute approximate surface area is 133 Å². The van der Waals surface area contributed by atoms with Gasteiger partial charge in [-0.05, 0) is 30.3 Å². The van der Waals surface area contributed by atoms with E-state index in [9.17, 15) is 8.42 Å². The molecule has 0 saturated heterocycles. The SMILES string of the molecule is Nc1cccc(OCCS(=O)(=O)c2cc(Cl)ccc2Cl)c1. The van der Waals surface area contributed by atoms with Crippen LogP contribution in [0.25, 0.3) is 0 Å². The van der Waals surface area contributed by atoms with E-state index in [1.165, 1.54) is 18.2 Å². The zero-order chi connectivity index (χ0) is 15.5. The van der Waals surface area contributed by atoms with Crippen molar-refractivity contribution in [2.75, 3.05) is 18.1 Å². The van der Waals surface area contributed by atoms with Gasteiger partial charge in [-0.3, -0.25) is 0 Å².